The normalized spacial score (nSPS) is 13.2. The molecule has 1 aromatic heterocycles. The number of rotatable bonds is 4. The molecule has 0 aliphatic rings. The Morgan fingerprint density at radius 2 is 2.16 bits per heavy atom. The first-order valence-corrected chi connectivity index (χ1v) is 6.85. The van der Waals surface area contributed by atoms with Crippen LogP contribution in [0.3, 0.4) is 0 Å². The second-order valence-electron chi connectivity index (χ2n) is 3.93. The zero-order chi connectivity index (χ0) is 14.0. The smallest absolute Gasteiger partial charge is 0.238 e. The topological polar surface area (TPSA) is 153 Å². The van der Waals surface area contributed by atoms with Gasteiger partial charge in [-0.3, -0.25) is 0 Å². The van der Waals surface area contributed by atoms with E-state index in [1.807, 2.05) is 6.92 Å². The van der Waals surface area contributed by atoms with Gasteiger partial charge >= 0.3 is 0 Å². The first-order chi connectivity index (χ1) is 8.88. The van der Waals surface area contributed by atoms with Gasteiger partial charge < -0.3 is 11.1 Å². The largest absolute Gasteiger partial charge is 0.397 e. The summed E-state index contributed by atoms with van der Waals surface area (Å²) >= 11 is 0. The van der Waals surface area contributed by atoms with Crippen LogP contribution in [0.2, 0.25) is 0 Å². The van der Waals surface area contributed by atoms with E-state index >= 15 is 0 Å². The summed E-state index contributed by atoms with van der Waals surface area (Å²) < 4.78 is 22.3. The highest BCUT2D eigenvalue weighted by molar-refractivity contribution is 7.89. The van der Waals surface area contributed by atoms with Crippen LogP contribution in [-0.2, 0) is 10.0 Å². The fourth-order valence-corrected chi connectivity index (χ4v) is 2.05. The molecule has 1 heterocycles. The maximum Gasteiger partial charge on any atom is 0.238 e. The number of nitrogens with one attached hydrogen (secondary N) is 2. The Bertz CT molecular complexity index is 668. The van der Waals surface area contributed by atoms with Crippen molar-refractivity contribution < 1.29 is 8.42 Å². The maximum atomic E-state index is 11.2. The average molecular weight is 283 g/mol. The van der Waals surface area contributed by atoms with Gasteiger partial charge in [0, 0.05) is 0 Å². The van der Waals surface area contributed by atoms with Gasteiger partial charge in [-0.2, -0.15) is 5.21 Å². The van der Waals surface area contributed by atoms with Gasteiger partial charge in [0.1, 0.15) is 0 Å². The molecule has 0 radical (unpaired) electrons. The third-order valence-electron chi connectivity index (χ3n) is 2.47. The summed E-state index contributed by atoms with van der Waals surface area (Å²) in [4.78, 5) is -0.0391. The fraction of sp³-hybridized carbons (Fsp3) is 0.222. The molecule has 9 nitrogen and oxygen atoms in total. The Labute approximate surface area is 109 Å². The van der Waals surface area contributed by atoms with Crippen molar-refractivity contribution in [3.8, 4) is 0 Å². The molecule has 1 unspecified atom stereocenters. The molecule has 0 aliphatic carbocycles. The molecule has 0 aliphatic heterocycles. The fourth-order valence-electron chi connectivity index (χ4n) is 1.50. The lowest BCUT2D eigenvalue weighted by atomic mass is 10.2. The molecule has 1 aromatic carbocycles. The van der Waals surface area contributed by atoms with Crippen LogP contribution in [0.4, 0.5) is 11.4 Å². The summed E-state index contributed by atoms with van der Waals surface area (Å²) in [5.41, 5.74) is 6.60. The zero-order valence-corrected chi connectivity index (χ0v) is 10.8. The van der Waals surface area contributed by atoms with E-state index in [4.69, 9.17) is 10.9 Å². The number of hydrogen-bond acceptors (Lipinski definition) is 7. The van der Waals surface area contributed by atoms with Crippen molar-refractivity contribution >= 4 is 21.4 Å². The number of nitrogen functional groups attached to an aromatic ring is 1. The van der Waals surface area contributed by atoms with Gasteiger partial charge in [0.15, 0.2) is 5.82 Å². The number of aromatic nitrogens is 4. The number of H-pyrrole nitrogens is 1. The lowest BCUT2D eigenvalue weighted by Gasteiger charge is -2.14. The monoisotopic (exact) mass is 283 g/mol. The quantitative estimate of drug-likeness (QED) is 0.557. The molecule has 102 valence electrons. The molecule has 2 rings (SSSR count). The molecule has 0 bridgehead atoms. The predicted molar refractivity (Wildman–Crippen MR) is 68.4 cm³/mol. The van der Waals surface area contributed by atoms with E-state index in [9.17, 15) is 8.42 Å². The summed E-state index contributed by atoms with van der Waals surface area (Å²) in [7, 11) is -3.76. The molecule has 0 saturated carbocycles. The van der Waals surface area contributed by atoms with E-state index in [1.54, 1.807) is 0 Å². The van der Waals surface area contributed by atoms with Crippen molar-refractivity contribution in [2.45, 2.75) is 17.9 Å². The number of sulfonamides is 1. The number of primary sulfonamides is 1. The van der Waals surface area contributed by atoms with Crippen molar-refractivity contribution in [3.05, 3.63) is 24.0 Å². The van der Waals surface area contributed by atoms with Crippen LogP contribution in [0.5, 0.6) is 0 Å². The Morgan fingerprint density at radius 1 is 1.42 bits per heavy atom. The molecule has 0 saturated heterocycles. The van der Waals surface area contributed by atoms with Crippen LogP contribution in [0.15, 0.2) is 23.1 Å². The number of hydrogen-bond donors (Lipinski definition) is 4. The standard InChI is InChI=1S/C9H13N7O2S/c1-5(9-13-15-16-14-9)12-8-3-2-6(4-7(8)10)19(11,17)18/h2-5,12H,10H2,1H3,(H2,11,17,18)(H,13,14,15,16). The molecule has 2 aromatic rings. The van der Waals surface area contributed by atoms with Crippen LogP contribution >= 0.6 is 0 Å². The molecule has 10 heteroatoms. The third-order valence-corrected chi connectivity index (χ3v) is 3.38. The number of benzene rings is 1. The van der Waals surface area contributed by atoms with E-state index in [1.165, 1.54) is 18.2 Å². The average Bonchev–Trinajstić information content (AvgIpc) is 2.84. The van der Waals surface area contributed by atoms with Gasteiger partial charge in [-0.05, 0) is 25.1 Å². The van der Waals surface area contributed by atoms with E-state index in [0.29, 0.717) is 11.5 Å². The van der Waals surface area contributed by atoms with E-state index in [2.05, 4.69) is 25.9 Å². The summed E-state index contributed by atoms with van der Waals surface area (Å²) in [5.74, 6) is 0.468. The van der Waals surface area contributed by atoms with Gasteiger partial charge in [-0.15, -0.1) is 10.2 Å². The second-order valence-corrected chi connectivity index (χ2v) is 5.49. The molecule has 6 N–H and O–H groups in total. The molecule has 0 fully saturated rings. The third kappa shape index (κ3) is 2.98. The van der Waals surface area contributed by atoms with Gasteiger partial charge in [0.2, 0.25) is 10.0 Å². The van der Waals surface area contributed by atoms with Crippen molar-refractivity contribution in [2.24, 2.45) is 5.14 Å². The molecule has 1 atom stereocenters. The zero-order valence-electron chi connectivity index (χ0n) is 10.0. The number of anilines is 2. The molecule has 0 amide bonds. The number of nitrogens with two attached hydrogens (primary N) is 2. The Kier molecular flexibility index (Phi) is 3.36. The van der Waals surface area contributed by atoms with E-state index in [0.717, 1.165) is 0 Å². The minimum atomic E-state index is -3.76. The molecule has 19 heavy (non-hydrogen) atoms. The van der Waals surface area contributed by atoms with Gasteiger partial charge in [-0.1, -0.05) is 5.21 Å². The van der Waals surface area contributed by atoms with Crippen LogP contribution in [0.25, 0.3) is 0 Å². The predicted octanol–water partition coefficient (Wildman–Crippen LogP) is -0.398. The van der Waals surface area contributed by atoms with Crippen LogP contribution in [0.1, 0.15) is 18.8 Å². The second kappa shape index (κ2) is 4.82. The lowest BCUT2D eigenvalue weighted by molar-refractivity contribution is 0.598. The summed E-state index contributed by atoms with van der Waals surface area (Å²) in [6.07, 6.45) is 0. The Morgan fingerprint density at radius 3 is 2.68 bits per heavy atom. The minimum absolute atomic E-state index is 0.0391. The molecular formula is C9H13N7O2S. The molecular weight excluding hydrogens is 270 g/mol. The number of nitrogens with zero attached hydrogens (tertiary/aromatic N) is 3. The number of aromatic amines is 1. The number of tetrazole rings is 1. The first kappa shape index (κ1) is 13.2. The lowest BCUT2D eigenvalue weighted by Crippen LogP contribution is -2.14. The maximum absolute atomic E-state index is 11.2. The first-order valence-electron chi connectivity index (χ1n) is 5.30. The highest BCUT2D eigenvalue weighted by Gasteiger charge is 2.14. The van der Waals surface area contributed by atoms with Crippen LogP contribution in [-0.4, -0.2) is 29.0 Å². The Hall–Kier alpha value is -2.20. The highest BCUT2D eigenvalue weighted by atomic mass is 32.2. The molecule has 0 spiro atoms. The highest BCUT2D eigenvalue weighted by Crippen LogP contribution is 2.25. The minimum Gasteiger partial charge on any atom is -0.397 e. The van der Waals surface area contributed by atoms with E-state index in [-0.39, 0.29) is 16.6 Å². The van der Waals surface area contributed by atoms with Crippen molar-refractivity contribution in [3.63, 3.8) is 0 Å². The summed E-state index contributed by atoms with van der Waals surface area (Å²) in [5, 5.41) is 21.5. The summed E-state index contributed by atoms with van der Waals surface area (Å²) in [6.45, 7) is 1.82. The van der Waals surface area contributed by atoms with Crippen molar-refractivity contribution in [1.29, 1.82) is 0 Å². The SMILES string of the molecule is CC(Nc1ccc(S(N)(=O)=O)cc1N)c1nn[nH]n1. The van der Waals surface area contributed by atoms with Gasteiger partial charge in [-0.25, -0.2) is 13.6 Å². The van der Waals surface area contributed by atoms with E-state index < -0.39 is 10.0 Å². The van der Waals surface area contributed by atoms with Crippen molar-refractivity contribution in [1.82, 2.24) is 20.6 Å². The van der Waals surface area contributed by atoms with Crippen molar-refractivity contribution in [2.75, 3.05) is 11.1 Å². The summed E-state index contributed by atoms with van der Waals surface area (Å²) in [6, 6.07) is 3.96. The van der Waals surface area contributed by atoms with Crippen LogP contribution in [0, 0.1) is 0 Å². The van der Waals surface area contributed by atoms with Crippen LogP contribution < -0.4 is 16.2 Å². The van der Waals surface area contributed by atoms with Gasteiger partial charge in [0.25, 0.3) is 0 Å². The van der Waals surface area contributed by atoms with Gasteiger partial charge in [0.05, 0.1) is 22.3 Å². The Balaban J connectivity index is 2.23.